The summed E-state index contributed by atoms with van der Waals surface area (Å²) in [5.41, 5.74) is 1.80. The van der Waals surface area contributed by atoms with E-state index < -0.39 is 16.2 Å². The first-order valence-corrected chi connectivity index (χ1v) is 10.6. The molecule has 1 aliphatic rings. The first-order chi connectivity index (χ1) is 13.9. The molecule has 0 aliphatic heterocycles. The molecule has 1 fully saturated rings. The van der Waals surface area contributed by atoms with E-state index in [0.717, 1.165) is 18.5 Å². The van der Waals surface area contributed by atoms with Crippen LogP contribution in [0.4, 0.5) is 16.4 Å². The number of aromatic nitrogens is 2. The Morgan fingerprint density at radius 2 is 1.86 bits per heavy atom. The zero-order chi connectivity index (χ0) is 20.4. The summed E-state index contributed by atoms with van der Waals surface area (Å²) in [5, 5.41) is 14.3. The number of H-pyrrole nitrogens is 1. The lowest BCUT2D eigenvalue weighted by Crippen LogP contribution is -2.14. The van der Waals surface area contributed by atoms with Crippen molar-refractivity contribution in [2.24, 2.45) is 0 Å². The third-order valence-corrected chi connectivity index (χ3v) is 6.01. The number of aromatic amines is 1. The Bertz CT molecular complexity index is 1140. The first kappa shape index (κ1) is 19.1. The van der Waals surface area contributed by atoms with Crippen LogP contribution in [0.2, 0.25) is 0 Å². The van der Waals surface area contributed by atoms with E-state index in [9.17, 15) is 13.2 Å². The number of nitrogens with zero attached hydrogens (tertiary/aromatic N) is 1. The summed E-state index contributed by atoms with van der Waals surface area (Å²) in [4.78, 5) is 17.5. The van der Waals surface area contributed by atoms with E-state index >= 15 is 0 Å². The number of imidazole rings is 1. The second kappa shape index (κ2) is 7.63. The predicted molar refractivity (Wildman–Crippen MR) is 108 cm³/mol. The summed E-state index contributed by atoms with van der Waals surface area (Å²) < 4.78 is 30.4. The molecule has 0 atom stereocenters. The van der Waals surface area contributed by atoms with Crippen molar-refractivity contribution in [3.63, 3.8) is 0 Å². The summed E-state index contributed by atoms with van der Waals surface area (Å²) in [7, 11) is -4.01. The fraction of sp³-hybridized carbons (Fsp3) is 0.263. The second-order valence-corrected chi connectivity index (χ2v) is 8.43. The van der Waals surface area contributed by atoms with Crippen molar-refractivity contribution in [1.82, 2.24) is 9.97 Å². The smallest absolute Gasteiger partial charge is 0.411 e. The van der Waals surface area contributed by atoms with Gasteiger partial charge in [-0.2, -0.15) is 8.42 Å². The normalized spacial score (nSPS) is 14.8. The number of carboxylic acid groups (broad SMARTS) is 1. The molecule has 4 rings (SSSR count). The minimum atomic E-state index is -4.01. The van der Waals surface area contributed by atoms with Crippen molar-refractivity contribution < 1.29 is 22.5 Å². The van der Waals surface area contributed by atoms with Gasteiger partial charge in [-0.1, -0.05) is 12.8 Å². The van der Waals surface area contributed by atoms with Crippen molar-refractivity contribution in [2.75, 3.05) is 10.6 Å². The van der Waals surface area contributed by atoms with Gasteiger partial charge < -0.3 is 19.6 Å². The minimum absolute atomic E-state index is 0.0397. The largest absolute Gasteiger partial charge is 0.465 e. The number of rotatable bonds is 6. The van der Waals surface area contributed by atoms with Crippen LogP contribution < -0.4 is 14.8 Å². The maximum atomic E-state index is 12.6. The Labute approximate surface area is 167 Å². The highest BCUT2D eigenvalue weighted by Gasteiger charge is 2.19. The number of anilines is 2. The lowest BCUT2D eigenvalue weighted by molar-refractivity contribution is 0.209. The fourth-order valence-corrected chi connectivity index (χ4v) is 4.32. The third kappa shape index (κ3) is 4.43. The van der Waals surface area contributed by atoms with Crippen LogP contribution in [-0.2, 0) is 10.1 Å². The van der Waals surface area contributed by atoms with Gasteiger partial charge in [0.15, 0.2) is 0 Å². The molecule has 1 amide bonds. The average Bonchev–Trinajstić information content (AvgIpc) is 3.30. The van der Waals surface area contributed by atoms with Crippen molar-refractivity contribution >= 4 is 38.9 Å². The van der Waals surface area contributed by atoms with Gasteiger partial charge in [-0.3, -0.25) is 5.32 Å². The zero-order valence-corrected chi connectivity index (χ0v) is 16.2. The topological polar surface area (TPSA) is 133 Å². The minimum Gasteiger partial charge on any atom is -0.465 e. The molecule has 2 aromatic carbocycles. The second-order valence-electron chi connectivity index (χ2n) is 6.88. The standard InChI is InChI=1S/C19H20N4O5S/c24-19(25)23-18-21-16-10-7-14(11-17(16)22-18)28-29(26,27)15-8-5-13(6-9-15)20-12-3-1-2-4-12/h5-12,20H,1-4H2,(H,24,25)(H2,21,22,23). The van der Waals surface area contributed by atoms with Crippen LogP contribution in [0.1, 0.15) is 25.7 Å². The van der Waals surface area contributed by atoms with E-state index in [1.165, 1.54) is 37.1 Å². The van der Waals surface area contributed by atoms with Crippen LogP contribution in [0.3, 0.4) is 0 Å². The molecule has 152 valence electrons. The summed E-state index contributed by atoms with van der Waals surface area (Å²) in [6, 6.07) is 11.4. The molecule has 9 nitrogen and oxygen atoms in total. The number of fused-ring (bicyclic) bond motifs is 1. The maximum Gasteiger partial charge on any atom is 0.411 e. The van der Waals surface area contributed by atoms with Crippen molar-refractivity contribution in [3.05, 3.63) is 42.5 Å². The van der Waals surface area contributed by atoms with E-state index in [1.54, 1.807) is 18.2 Å². The SMILES string of the molecule is O=C(O)Nc1nc2ccc(OS(=O)(=O)c3ccc(NC4CCCC4)cc3)cc2[nH]1. The van der Waals surface area contributed by atoms with E-state index in [0.29, 0.717) is 17.1 Å². The molecule has 0 saturated heterocycles. The Hall–Kier alpha value is -3.27. The van der Waals surface area contributed by atoms with Gasteiger partial charge in [-0.25, -0.2) is 9.78 Å². The van der Waals surface area contributed by atoms with Gasteiger partial charge in [-0.05, 0) is 49.2 Å². The molecular weight excluding hydrogens is 396 g/mol. The van der Waals surface area contributed by atoms with Crippen LogP contribution in [0, 0.1) is 0 Å². The number of hydrogen-bond donors (Lipinski definition) is 4. The number of benzene rings is 2. The highest BCUT2D eigenvalue weighted by molar-refractivity contribution is 7.87. The van der Waals surface area contributed by atoms with E-state index in [2.05, 4.69) is 20.6 Å². The lowest BCUT2D eigenvalue weighted by Gasteiger charge is -2.14. The van der Waals surface area contributed by atoms with Crippen molar-refractivity contribution in [2.45, 2.75) is 36.6 Å². The maximum absolute atomic E-state index is 12.6. The summed E-state index contributed by atoms with van der Waals surface area (Å²) in [6.07, 6.45) is 3.43. The van der Waals surface area contributed by atoms with Gasteiger partial charge in [0.1, 0.15) is 10.6 Å². The Kier molecular flexibility index (Phi) is 5.01. The van der Waals surface area contributed by atoms with Crippen LogP contribution in [-0.4, -0.2) is 35.6 Å². The summed E-state index contributed by atoms with van der Waals surface area (Å²) in [6.45, 7) is 0. The highest BCUT2D eigenvalue weighted by atomic mass is 32.2. The predicted octanol–water partition coefficient (Wildman–Crippen LogP) is 3.78. The molecule has 1 aliphatic carbocycles. The molecular formula is C19H20N4O5S. The molecule has 1 aromatic heterocycles. The number of amides is 1. The van der Waals surface area contributed by atoms with E-state index in [1.807, 2.05) is 0 Å². The quantitative estimate of drug-likeness (QED) is 0.449. The van der Waals surface area contributed by atoms with Gasteiger partial charge in [0, 0.05) is 17.8 Å². The fourth-order valence-electron chi connectivity index (χ4n) is 3.40. The van der Waals surface area contributed by atoms with Crippen LogP contribution in [0.15, 0.2) is 47.4 Å². The molecule has 3 aromatic rings. The molecule has 0 spiro atoms. The Morgan fingerprint density at radius 1 is 1.14 bits per heavy atom. The molecule has 1 saturated carbocycles. The van der Waals surface area contributed by atoms with E-state index in [4.69, 9.17) is 9.29 Å². The van der Waals surface area contributed by atoms with Gasteiger partial charge in [-0.15, -0.1) is 0 Å². The van der Waals surface area contributed by atoms with Gasteiger partial charge >= 0.3 is 16.2 Å². The number of hydrogen-bond acceptors (Lipinski definition) is 6. The zero-order valence-electron chi connectivity index (χ0n) is 15.4. The number of nitrogens with one attached hydrogen (secondary N) is 3. The molecule has 4 N–H and O–H groups in total. The molecule has 0 bridgehead atoms. The van der Waals surface area contributed by atoms with E-state index in [-0.39, 0.29) is 16.6 Å². The lowest BCUT2D eigenvalue weighted by atomic mass is 10.2. The van der Waals surface area contributed by atoms with Crippen molar-refractivity contribution in [3.8, 4) is 5.75 Å². The van der Waals surface area contributed by atoms with Crippen LogP contribution >= 0.6 is 0 Å². The first-order valence-electron chi connectivity index (χ1n) is 9.20. The third-order valence-electron chi connectivity index (χ3n) is 4.75. The molecule has 0 unspecified atom stereocenters. The molecule has 10 heteroatoms. The number of carbonyl (C=O) groups is 1. The highest BCUT2D eigenvalue weighted by Crippen LogP contribution is 2.26. The molecule has 1 heterocycles. The molecule has 0 radical (unpaired) electrons. The summed E-state index contributed by atoms with van der Waals surface area (Å²) >= 11 is 0. The van der Waals surface area contributed by atoms with Crippen LogP contribution in [0.25, 0.3) is 11.0 Å². The summed E-state index contributed by atoms with van der Waals surface area (Å²) in [5.74, 6) is 0.133. The monoisotopic (exact) mass is 416 g/mol. The van der Waals surface area contributed by atoms with Crippen molar-refractivity contribution in [1.29, 1.82) is 0 Å². The molecule has 29 heavy (non-hydrogen) atoms. The van der Waals surface area contributed by atoms with Crippen LogP contribution in [0.5, 0.6) is 5.75 Å². The Morgan fingerprint density at radius 3 is 2.55 bits per heavy atom. The average molecular weight is 416 g/mol. The van der Waals surface area contributed by atoms with Gasteiger partial charge in [0.05, 0.1) is 11.0 Å². The van der Waals surface area contributed by atoms with Gasteiger partial charge in [0.25, 0.3) is 0 Å². The Balaban J connectivity index is 1.49. The van der Waals surface area contributed by atoms with Gasteiger partial charge in [0.2, 0.25) is 5.95 Å².